The zero-order valence-corrected chi connectivity index (χ0v) is 12.1. The van der Waals surface area contributed by atoms with E-state index in [-0.39, 0.29) is 18.7 Å². The van der Waals surface area contributed by atoms with E-state index in [1.54, 1.807) is 4.68 Å². The van der Waals surface area contributed by atoms with Gasteiger partial charge in [-0.1, -0.05) is 18.2 Å². The van der Waals surface area contributed by atoms with Gasteiger partial charge in [0.1, 0.15) is 6.61 Å². The molecule has 2 aromatic heterocycles. The first kappa shape index (κ1) is 15.3. The topological polar surface area (TPSA) is 61.9 Å². The average molecular weight is 320 g/mol. The Bertz CT molecular complexity index is 846. The third-order valence-corrected chi connectivity index (χ3v) is 3.28. The highest BCUT2D eigenvalue weighted by Crippen LogP contribution is 2.14. The number of hydrogen-bond donors (Lipinski definition) is 0. The summed E-state index contributed by atoms with van der Waals surface area (Å²) in [6.07, 6.45) is 0.485. The lowest BCUT2D eigenvalue weighted by Gasteiger charge is -2.06. The normalized spacial score (nSPS) is 11.4. The van der Waals surface area contributed by atoms with Gasteiger partial charge in [-0.05, 0) is 12.1 Å². The molecule has 0 fully saturated rings. The second-order valence-electron chi connectivity index (χ2n) is 4.83. The zero-order chi connectivity index (χ0) is 16.2. The van der Waals surface area contributed by atoms with Gasteiger partial charge in [0.2, 0.25) is 0 Å². The summed E-state index contributed by atoms with van der Waals surface area (Å²) in [4.78, 5) is 12.3. The first-order valence-corrected chi connectivity index (χ1v) is 7.02. The van der Waals surface area contributed by atoms with Crippen molar-refractivity contribution in [3.63, 3.8) is 0 Å². The Morgan fingerprint density at radius 2 is 1.91 bits per heavy atom. The number of hydrogen-bond acceptors (Lipinski definition) is 4. The van der Waals surface area contributed by atoms with Gasteiger partial charge in [-0.2, -0.15) is 10.2 Å². The van der Waals surface area contributed by atoms with Crippen molar-refractivity contribution in [3.05, 3.63) is 53.1 Å². The molecule has 0 amide bonds. The molecule has 0 bridgehead atoms. The van der Waals surface area contributed by atoms with E-state index >= 15 is 0 Å². The molecule has 0 aliphatic heterocycles. The fraction of sp³-hybridized carbons (Fsp3) is 0.267. The standard InChI is InChI=1S/C15H14F2N4O2/c16-14(17)10-23-7-6-20-15(22)12-8-19-21(13(12)9-18-20)11-4-2-1-3-5-11/h1-5,8-9,14H,6-7,10H2. The van der Waals surface area contributed by atoms with Crippen LogP contribution in [0.4, 0.5) is 8.78 Å². The molecule has 0 aliphatic rings. The molecular formula is C15H14F2N4O2. The van der Waals surface area contributed by atoms with Gasteiger partial charge in [-0.15, -0.1) is 0 Å². The SMILES string of the molecule is O=c1c2cnn(-c3ccccc3)c2cnn1CCOCC(F)F. The van der Waals surface area contributed by atoms with Gasteiger partial charge in [0.25, 0.3) is 12.0 Å². The summed E-state index contributed by atoms with van der Waals surface area (Å²) in [6, 6.07) is 9.38. The minimum atomic E-state index is -2.52. The predicted octanol–water partition coefficient (Wildman–Crippen LogP) is 1.86. The molecule has 0 aliphatic carbocycles. The quantitative estimate of drug-likeness (QED) is 0.651. The summed E-state index contributed by atoms with van der Waals surface area (Å²) >= 11 is 0. The Morgan fingerprint density at radius 3 is 2.65 bits per heavy atom. The maximum absolute atomic E-state index is 12.3. The van der Waals surface area contributed by atoms with E-state index in [1.807, 2.05) is 30.3 Å². The molecule has 3 rings (SSSR count). The van der Waals surface area contributed by atoms with E-state index in [0.29, 0.717) is 10.9 Å². The Balaban J connectivity index is 1.85. The number of benzene rings is 1. The molecule has 3 aromatic rings. The van der Waals surface area contributed by atoms with Crippen molar-refractivity contribution in [1.82, 2.24) is 19.6 Å². The zero-order valence-electron chi connectivity index (χ0n) is 12.1. The van der Waals surface area contributed by atoms with Crippen molar-refractivity contribution in [1.29, 1.82) is 0 Å². The molecule has 23 heavy (non-hydrogen) atoms. The highest BCUT2D eigenvalue weighted by atomic mass is 19.3. The van der Waals surface area contributed by atoms with E-state index in [0.717, 1.165) is 5.69 Å². The first-order valence-electron chi connectivity index (χ1n) is 7.02. The molecule has 0 radical (unpaired) electrons. The largest absolute Gasteiger partial charge is 0.374 e. The van der Waals surface area contributed by atoms with Crippen molar-refractivity contribution >= 4 is 10.9 Å². The maximum atomic E-state index is 12.3. The van der Waals surface area contributed by atoms with Crippen molar-refractivity contribution in [2.75, 3.05) is 13.2 Å². The van der Waals surface area contributed by atoms with E-state index in [1.165, 1.54) is 17.1 Å². The molecule has 1 aromatic carbocycles. The Labute approximate surface area is 129 Å². The molecular weight excluding hydrogens is 306 g/mol. The second-order valence-corrected chi connectivity index (χ2v) is 4.83. The number of aromatic nitrogens is 4. The lowest BCUT2D eigenvalue weighted by atomic mass is 10.3. The summed E-state index contributed by atoms with van der Waals surface area (Å²) in [5.74, 6) is 0. The minimum absolute atomic E-state index is 0.00439. The summed E-state index contributed by atoms with van der Waals surface area (Å²) in [5.41, 5.74) is 1.08. The number of para-hydroxylation sites is 1. The van der Waals surface area contributed by atoms with Gasteiger partial charge in [-0.3, -0.25) is 4.79 Å². The van der Waals surface area contributed by atoms with Gasteiger partial charge in [0, 0.05) is 0 Å². The van der Waals surface area contributed by atoms with Crippen LogP contribution in [0.1, 0.15) is 0 Å². The van der Waals surface area contributed by atoms with Crippen molar-refractivity contribution in [3.8, 4) is 5.69 Å². The number of halogens is 2. The van der Waals surface area contributed by atoms with Crippen LogP contribution in [0.5, 0.6) is 0 Å². The highest BCUT2D eigenvalue weighted by Gasteiger charge is 2.11. The van der Waals surface area contributed by atoms with Crippen LogP contribution in [0, 0.1) is 0 Å². The third-order valence-electron chi connectivity index (χ3n) is 3.28. The van der Waals surface area contributed by atoms with Crippen LogP contribution in [0.15, 0.2) is 47.5 Å². The molecule has 0 unspecified atom stereocenters. The van der Waals surface area contributed by atoms with Crippen LogP contribution >= 0.6 is 0 Å². The fourth-order valence-corrected chi connectivity index (χ4v) is 2.22. The molecule has 0 spiro atoms. The predicted molar refractivity (Wildman–Crippen MR) is 79.9 cm³/mol. The van der Waals surface area contributed by atoms with Crippen LogP contribution in [-0.2, 0) is 11.3 Å². The molecule has 0 atom stereocenters. The Hall–Kier alpha value is -2.61. The van der Waals surface area contributed by atoms with Crippen LogP contribution in [0.3, 0.4) is 0 Å². The number of alkyl halides is 2. The molecule has 0 saturated heterocycles. The molecule has 8 heteroatoms. The molecule has 0 saturated carbocycles. The van der Waals surface area contributed by atoms with Crippen LogP contribution in [-0.4, -0.2) is 39.2 Å². The number of fused-ring (bicyclic) bond motifs is 1. The number of rotatable bonds is 6. The summed E-state index contributed by atoms with van der Waals surface area (Å²) < 4.78 is 31.6. The van der Waals surface area contributed by atoms with Gasteiger partial charge >= 0.3 is 0 Å². The lowest BCUT2D eigenvalue weighted by molar-refractivity contribution is 0.0137. The first-order chi connectivity index (χ1) is 11.2. The second kappa shape index (κ2) is 6.66. The van der Waals surface area contributed by atoms with Crippen LogP contribution in [0.2, 0.25) is 0 Å². The third kappa shape index (κ3) is 3.26. The smallest absolute Gasteiger partial charge is 0.277 e. The van der Waals surface area contributed by atoms with Gasteiger partial charge < -0.3 is 4.74 Å². The molecule has 6 nitrogen and oxygen atoms in total. The van der Waals surface area contributed by atoms with E-state index < -0.39 is 13.0 Å². The van der Waals surface area contributed by atoms with Crippen molar-refractivity contribution in [2.24, 2.45) is 0 Å². The molecule has 120 valence electrons. The van der Waals surface area contributed by atoms with E-state index in [9.17, 15) is 13.6 Å². The summed E-state index contributed by atoms with van der Waals surface area (Å²) in [6.45, 7) is -0.545. The Kier molecular flexibility index (Phi) is 4.42. The number of ether oxygens (including phenoxy) is 1. The fourth-order valence-electron chi connectivity index (χ4n) is 2.22. The molecule has 2 heterocycles. The maximum Gasteiger partial charge on any atom is 0.277 e. The Morgan fingerprint density at radius 1 is 1.13 bits per heavy atom. The highest BCUT2D eigenvalue weighted by molar-refractivity contribution is 5.78. The van der Waals surface area contributed by atoms with Crippen LogP contribution < -0.4 is 5.56 Å². The van der Waals surface area contributed by atoms with E-state index in [4.69, 9.17) is 4.74 Å². The van der Waals surface area contributed by atoms with Gasteiger partial charge in [-0.25, -0.2) is 18.1 Å². The van der Waals surface area contributed by atoms with Crippen LogP contribution in [0.25, 0.3) is 16.6 Å². The van der Waals surface area contributed by atoms with Gasteiger partial charge in [0.05, 0.1) is 42.1 Å². The number of nitrogens with zero attached hydrogens (tertiary/aromatic N) is 4. The van der Waals surface area contributed by atoms with Crippen molar-refractivity contribution in [2.45, 2.75) is 13.0 Å². The van der Waals surface area contributed by atoms with E-state index in [2.05, 4.69) is 10.2 Å². The van der Waals surface area contributed by atoms with Gasteiger partial charge in [0.15, 0.2) is 0 Å². The lowest BCUT2D eigenvalue weighted by Crippen LogP contribution is -2.25. The summed E-state index contributed by atoms with van der Waals surface area (Å²) in [5, 5.41) is 8.69. The minimum Gasteiger partial charge on any atom is -0.374 e. The van der Waals surface area contributed by atoms with Crippen molar-refractivity contribution < 1.29 is 13.5 Å². The monoisotopic (exact) mass is 320 g/mol. The molecule has 0 N–H and O–H groups in total. The summed E-state index contributed by atoms with van der Waals surface area (Å²) in [7, 11) is 0. The average Bonchev–Trinajstić information content (AvgIpc) is 2.99.